The minimum Gasteiger partial charge on any atom is -0.497 e. The van der Waals surface area contributed by atoms with Crippen molar-refractivity contribution in [3.8, 4) is 67.5 Å². The zero-order chi connectivity index (χ0) is 35.9. The zero-order valence-corrected chi connectivity index (χ0v) is 29.8. The van der Waals surface area contributed by atoms with Gasteiger partial charge in [-0.2, -0.15) is 0 Å². The van der Waals surface area contributed by atoms with Gasteiger partial charge in [-0.3, -0.25) is 0 Å². The van der Waals surface area contributed by atoms with Crippen molar-refractivity contribution < 1.29 is 18.9 Å². The van der Waals surface area contributed by atoms with E-state index in [4.69, 9.17) is 18.9 Å². The predicted octanol–water partition coefficient (Wildman–Crippen LogP) is 12.4. The number of hydrogen-bond acceptors (Lipinski definition) is 4. The van der Waals surface area contributed by atoms with Crippen LogP contribution in [0.4, 0.5) is 0 Å². The Labute approximate surface area is 305 Å². The fourth-order valence-electron chi connectivity index (χ4n) is 6.69. The third-order valence-corrected chi connectivity index (χ3v) is 9.45. The highest BCUT2D eigenvalue weighted by Gasteiger charge is 2.11. The molecule has 0 atom stereocenters. The Morgan fingerprint density at radius 3 is 0.596 bits per heavy atom. The van der Waals surface area contributed by atoms with Crippen molar-refractivity contribution in [2.45, 2.75) is 0 Å². The first-order chi connectivity index (χ1) is 25.6. The molecular formula is C48H40O4. The van der Waals surface area contributed by atoms with Crippen molar-refractivity contribution in [2.75, 3.05) is 28.4 Å². The SMILES string of the molecule is COc1ccc(-c2ccc(-c3ccc(OC)cc3)c3ccccc23)cc1.COc1ccc(-c2ccc(-c3ccc(OC)cc3)c3ccccc23)cc1. The number of ether oxygens (including phenoxy) is 4. The third-order valence-electron chi connectivity index (χ3n) is 9.45. The summed E-state index contributed by atoms with van der Waals surface area (Å²) in [6.45, 7) is 0. The molecule has 0 aliphatic heterocycles. The molecule has 8 rings (SSSR count). The highest BCUT2D eigenvalue weighted by atomic mass is 16.5. The molecule has 0 unspecified atom stereocenters. The maximum absolute atomic E-state index is 5.28. The Kier molecular flexibility index (Phi) is 10.2. The molecule has 0 aliphatic rings. The first-order valence-corrected chi connectivity index (χ1v) is 17.2. The van der Waals surface area contributed by atoms with Crippen LogP contribution in [0.1, 0.15) is 0 Å². The summed E-state index contributed by atoms with van der Waals surface area (Å²) in [6, 6.07) is 58.7. The Morgan fingerprint density at radius 2 is 0.423 bits per heavy atom. The maximum atomic E-state index is 5.28. The van der Waals surface area contributed by atoms with Gasteiger partial charge < -0.3 is 18.9 Å². The highest BCUT2D eigenvalue weighted by molar-refractivity contribution is 6.06. The van der Waals surface area contributed by atoms with E-state index in [0.717, 1.165) is 23.0 Å². The minimum absolute atomic E-state index is 0.868. The Bertz CT molecular complexity index is 2070. The summed E-state index contributed by atoms with van der Waals surface area (Å²) in [7, 11) is 6.75. The molecule has 0 radical (unpaired) electrons. The zero-order valence-electron chi connectivity index (χ0n) is 29.8. The van der Waals surface area contributed by atoms with Gasteiger partial charge in [-0.1, -0.05) is 121 Å². The van der Waals surface area contributed by atoms with E-state index in [1.807, 2.05) is 48.5 Å². The number of benzene rings is 8. The van der Waals surface area contributed by atoms with Gasteiger partial charge in [0, 0.05) is 0 Å². The van der Waals surface area contributed by atoms with Gasteiger partial charge in [0.2, 0.25) is 0 Å². The molecule has 0 bridgehead atoms. The molecule has 0 saturated carbocycles. The number of rotatable bonds is 8. The van der Waals surface area contributed by atoms with Crippen molar-refractivity contribution in [3.05, 3.63) is 170 Å². The molecule has 0 aromatic heterocycles. The van der Waals surface area contributed by atoms with Crippen LogP contribution in [0, 0.1) is 0 Å². The first-order valence-electron chi connectivity index (χ1n) is 17.2. The fraction of sp³-hybridized carbons (Fsp3) is 0.0833. The lowest BCUT2D eigenvalue weighted by atomic mass is 9.92. The largest absolute Gasteiger partial charge is 0.497 e. The molecule has 256 valence electrons. The molecule has 0 aliphatic carbocycles. The van der Waals surface area contributed by atoms with Crippen LogP contribution in [0.3, 0.4) is 0 Å². The molecular weight excluding hydrogens is 641 g/mol. The second kappa shape index (κ2) is 15.6. The van der Waals surface area contributed by atoms with Gasteiger partial charge in [-0.05, 0) is 115 Å². The van der Waals surface area contributed by atoms with E-state index >= 15 is 0 Å². The Hall–Kier alpha value is -6.52. The van der Waals surface area contributed by atoms with Gasteiger partial charge >= 0.3 is 0 Å². The lowest BCUT2D eigenvalue weighted by molar-refractivity contribution is 0.415. The lowest BCUT2D eigenvalue weighted by Crippen LogP contribution is -1.87. The van der Waals surface area contributed by atoms with Crippen LogP contribution in [0.2, 0.25) is 0 Å². The monoisotopic (exact) mass is 680 g/mol. The average molecular weight is 681 g/mol. The smallest absolute Gasteiger partial charge is 0.118 e. The van der Waals surface area contributed by atoms with Gasteiger partial charge in [-0.15, -0.1) is 0 Å². The molecule has 0 saturated heterocycles. The highest BCUT2D eigenvalue weighted by Crippen LogP contribution is 2.38. The minimum atomic E-state index is 0.868. The second-order valence-corrected chi connectivity index (χ2v) is 12.3. The van der Waals surface area contributed by atoms with Crippen LogP contribution in [-0.2, 0) is 0 Å². The van der Waals surface area contributed by atoms with Gasteiger partial charge in [0.15, 0.2) is 0 Å². The van der Waals surface area contributed by atoms with Crippen LogP contribution in [0.5, 0.6) is 23.0 Å². The van der Waals surface area contributed by atoms with Crippen LogP contribution in [0.15, 0.2) is 170 Å². The summed E-state index contributed by atoms with van der Waals surface area (Å²) in [6.07, 6.45) is 0. The molecule has 4 heteroatoms. The summed E-state index contributed by atoms with van der Waals surface area (Å²) in [5.41, 5.74) is 9.63. The quantitative estimate of drug-likeness (QED) is 0.160. The summed E-state index contributed by atoms with van der Waals surface area (Å²) in [4.78, 5) is 0. The number of fused-ring (bicyclic) bond motifs is 2. The molecule has 0 amide bonds. The third kappa shape index (κ3) is 7.05. The fourth-order valence-corrected chi connectivity index (χ4v) is 6.69. The van der Waals surface area contributed by atoms with E-state index in [1.165, 1.54) is 66.1 Å². The van der Waals surface area contributed by atoms with Crippen molar-refractivity contribution in [1.29, 1.82) is 0 Å². The number of methoxy groups -OCH3 is 4. The van der Waals surface area contributed by atoms with Crippen LogP contribution in [-0.4, -0.2) is 28.4 Å². The molecule has 0 heterocycles. The van der Waals surface area contributed by atoms with Crippen LogP contribution < -0.4 is 18.9 Å². The van der Waals surface area contributed by atoms with Crippen LogP contribution in [0.25, 0.3) is 66.1 Å². The molecule has 8 aromatic carbocycles. The van der Waals surface area contributed by atoms with E-state index in [0.29, 0.717) is 0 Å². The van der Waals surface area contributed by atoms with Crippen molar-refractivity contribution in [2.24, 2.45) is 0 Å². The predicted molar refractivity (Wildman–Crippen MR) is 216 cm³/mol. The average Bonchev–Trinajstić information content (AvgIpc) is 3.23. The second-order valence-electron chi connectivity index (χ2n) is 12.3. The van der Waals surface area contributed by atoms with Gasteiger partial charge in [0.05, 0.1) is 28.4 Å². The lowest BCUT2D eigenvalue weighted by Gasteiger charge is -2.13. The van der Waals surface area contributed by atoms with E-state index in [1.54, 1.807) is 28.4 Å². The van der Waals surface area contributed by atoms with Gasteiger partial charge in [0.25, 0.3) is 0 Å². The molecule has 0 N–H and O–H groups in total. The summed E-state index contributed by atoms with van der Waals surface area (Å²) in [5, 5.41) is 4.97. The summed E-state index contributed by atoms with van der Waals surface area (Å²) < 4.78 is 21.1. The van der Waals surface area contributed by atoms with E-state index in [2.05, 4.69) is 121 Å². The molecule has 0 fully saturated rings. The van der Waals surface area contributed by atoms with Gasteiger partial charge in [0.1, 0.15) is 23.0 Å². The Balaban J connectivity index is 0.000000162. The first kappa shape index (κ1) is 34.0. The standard InChI is InChI=1S/2C24H20O2/c2*1-25-19-11-7-17(8-12-19)21-15-16-22(24-6-4-3-5-23(21)24)18-9-13-20(26-2)14-10-18/h2*3-16H,1-2H3. The summed E-state index contributed by atoms with van der Waals surface area (Å²) in [5.74, 6) is 3.47. The number of hydrogen-bond donors (Lipinski definition) is 0. The van der Waals surface area contributed by atoms with Crippen LogP contribution >= 0.6 is 0 Å². The molecule has 52 heavy (non-hydrogen) atoms. The molecule has 8 aromatic rings. The van der Waals surface area contributed by atoms with E-state index in [9.17, 15) is 0 Å². The Morgan fingerprint density at radius 1 is 0.231 bits per heavy atom. The van der Waals surface area contributed by atoms with Crippen molar-refractivity contribution in [1.82, 2.24) is 0 Å². The van der Waals surface area contributed by atoms with Crippen molar-refractivity contribution in [3.63, 3.8) is 0 Å². The summed E-state index contributed by atoms with van der Waals surface area (Å²) >= 11 is 0. The van der Waals surface area contributed by atoms with E-state index < -0.39 is 0 Å². The maximum Gasteiger partial charge on any atom is 0.118 e. The van der Waals surface area contributed by atoms with E-state index in [-0.39, 0.29) is 0 Å². The molecule has 0 spiro atoms. The normalized spacial score (nSPS) is 10.7. The molecule has 4 nitrogen and oxygen atoms in total. The van der Waals surface area contributed by atoms with Crippen molar-refractivity contribution >= 4 is 21.5 Å². The topological polar surface area (TPSA) is 36.9 Å². The van der Waals surface area contributed by atoms with Gasteiger partial charge in [-0.25, -0.2) is 0 Å².